The Bertz CT molecular complexity index is 617. The number of rotatable bonds is 2. The molecule has 0 unspecified atom stereocenters. The van der Waals surface area contributed by atoms with Crippen molar-refractivity contribution in [3.8, 4) is 11.5 Å². The van der Waals surface area contributed by atoms with E-state index >= 15 is 0 Å². The molecular formula is C12H6F6O2. The molecule has 0 heterocycles. The lowest BCUT2D eigenvalue weighted by Crippen LogP contribution is -2.19. The molecule has 2 aromatic carbocycles. The molecule has 0 aromatic heterocycles. The van der Waals surface area contributed by atoms with Crippen molar-refractivity contribution in [2.75, 3.05) is 0 Å². The molecule has 0 aliphatic carbocycles. The highest BCUT2D eigenvalue weighted by atomic mass is 19.4. The maximum Gasteiger partial charge on any atom is 0.573 e. The molecule has 2 nitrogen and oxygen atoms in total. The van der Waals surface area contributed by atoms with Gasteiger partial charge in [-0.3, -0.25) is 0 Å². The fraction of sp³-hybridized carbons (Fsp3) is 0.167. The Morgan fingerprint density at radius 3 is 1.95 bits per heavy atom. The summed E-state index contributed by atoms with van der Waals surface area (Å²) in [5.41, 5.74) is 0. The van der Waals surface area contributed by atoms with Crippen LogP contribution in [0.4, 0.5) is 26.3 Å². The van der Waals surface area contributed by atoms with Crippen LogP contribution in [0.1, 0.15) is 0 Å². The van der Waals surface area contributed by atoms with E-state index in [2.05, 4.69) is 9.47 Å². The summed E-state index contributed by atoms with van der Waals surface area (Å²) in [4.78, 5) is 0. The van der Waals surface area contributed by atoms with Gasteiger partial charge >= 0.3 is 12.7 Å². The number of benzene rings is 2. The van der Waals surface area contributed by atoms with E-state index in [-0.39, 0.29) is 10.8 Å². The number of hydrogen-bond donors (Lipinski definition) is 0. The number of ether oxygens (including phenoxy) is 2. The van der Waals surface area contributed by atoms with Gasteiger partial charge in [-0.1, -0.05) is 24.3 Å². The van der Waals surface area contributed by atoms with Gasteiger partial charge < -0.3 is 9.47 Å². The molecule has 0 saturated heterocycles. The van der Waals surface area contributed by atoms with Crippen molar-refractivity contribution in [3.05, 3.63) is 36.4 Å². The van der Waals surface area contributed by atoms with Crippen LogP contribution in [0.25, 0.3) is 10.8 Å². The van der Waals surface area contributed by atoms with E-state index in [1.807, 2.05) is 0 Å². The van der Waals surface area contributed by atoms with Gasteiger partial charge in [-0.25, -0.2) is 0 Å². The molecule has 0 aliphatic rings. The summed E-state index contributed by atoms with van der Waals surface area (Å²) in [7, 11) is 0. The van der Waals surface area contributed by atoms with Crippen LogP contribution in [-0.2, 0) is 0 Å². The maximum absolute atomic E-state index is 12.3. The average Bonchev–Trinajstić information content (AvgIpc) is 2.24. The van der Waals surface area contributed by atoms with Crippen LogP contribution >= 0.6 is 0 Å². The Hall–Kier alpha value is -2.12. The van der Waals surface area contributed by atoms with Crippen molar-refractivity contribution in [1.82, 2.24) is 0 Å². The second kappa shape index (κ2) is 4.77. The molecule has 0 radical (unpaired) electrons. The van der Waals surface area contributed by atoms with Gasteiger partial charge in [0.05, 0.1) is 0 Å². The molecule has 0 bridgehead atoms. The van der Waals surface area contributed by atoms with Crippen LogP contribution in [0.15, 0.2) is 36.4 Å². The smallest absolute Gasteiger partial charge is 0.406 e. The minimum Gasteiger partial charge on any atom is -0.406 e. The first-order valence-electron chi connectivity index (χ1n) is 5.18. The third kappa shape index (κ3) is 3.69. The predicted molar refractivity (Wildman–Crippen MR) is 57.3 cm³/mol. The van der Waals surface area contributed by atoms with Gasteiger partial charge in [0.1, 0.15) is 11.5 Å². The minimum atomic E-state index is -5.01. The third-order valence-corrected chi connectivity index (χ3v) is 2.26. The topological polar surface area (TPSA) is 18.5 Å². The molecule has 20 heavy (non-hydrogen) atoms. The lowest BCUT2D eigenvalue weighted by Gasteiger charge is -2.14. The van der Waals surface area contributed by atoms with E-state index < -0.39 is 24.2 Å². The number of fused-ring (bicyclic) bond motifs is 1. The Morgan fingerprint density at radius 1 is 0.750 bits per heavy atom. The van der Waals surface area contributed by atoms with E-state index in [0.717, 1.165) is 6.07 Å². The average molecular weight is 296 g/mol. The van der Waals surface area contributed by atoms with Gasteiger partial charge in [-0.15, -0.1) is 26.3 Å². The summed E-state index contributed by atoms with van der Waals surface area (Å²) in [5.74, 6) is -1.54. The van der Waals surface area contributed by atoms with Gasteiger partial charge in [0.2, 0.25) is 0 Å². The number of hydrogen-bond acceptors (Lipinski definition) is 2. The van der Waals surface area contributed by atoms with Gasteiger partial charge in [0.15, 0.2) is 0 Å². The zero-order valence-corrected chi connectivity index (χ0v) is 9.55. The van der Waals surface area contributed by atoms with Crippen molar-refractivity contribution >= 4 is 10.8 Å². The van der Waals surface area contributed by atoms with Crippen LogP contribution in [0.2, 0.25) is 0 Å². The van der Waals surface area contributed by atoms with Gasteiger partial charge in [-0.2, -0.15) is 0 Å². The first kappa shape index (κ1) is 14.3. The zero-order chi connectivity index (χ0) is 15.0. The molecule has 108 valence electrons. The van der Waals surface area contributed by atoms with Crippen molar-refractivity contribution in [3.63, 3.8) is 0 Å². The minimum absolute atomic E-state index is 0.0272. The highest BCUT2D eigenvalue weighted by molar-refractivity contribution is 5.89. The fourth-order valence-electron chi connectivity index (χ4n) is 1.65. The Kier molecular flexibility index (Phi) is 3.41. The van der Waals surface area contributed by atoms with Crippen molar-refractivity contribution in [2.45, 2.75) is 12.7 Å². The molecule has 0 spiro atoms. The molecule has 0 atom stereocenters. The summed E-state index contributed by atoms with van der Waals surface area (Å²) >= 11 is 0. The number of alkyl halides is 6. The lowest BCUT2D eigenvalue weighted by molar-refractivity contribution is -0.276. The van der Waals surface area contributed by atoms with E-state index in [1.54, 1.807) is 0 Å². The van der Waals surface area contributed by atoms with Gasteiger partial charge in [0.25, 0.3) is 0 Å². The highest BCUT2D eigenvalue weighted by Gasteiger charge is 2.34. The van der Waals surface area contributed by atoms with Crippen molar-refractivity contribution in [1.29, 1.82) is 0 Å². The predicted octanol–water partition coefficient (Wildman–Crippen LogP) is 4.64. The summed E-state index contributed by atoms with van der Waals surface area (Å²) in [5, 5.41) is 0.160. The highest BCUT2D eigenvalue weighted by Crippen LogP contribution is 2.36. The van der Waals surface area contributed by atoms with Gasteiger partial charge in [0, 0.05) is 11.5 Å². The molecule has 0 amide bonds. The van der Waals surface area contributed by atoms with Crippen molar-refractivity contribution < 1.29 is 35.8 Å². The summed E-state index contributed by atoms with van der Waals surface area (Å²) in [6, 6.07) is 7.08. The largest absolute Gasteiger partial charge is 0.573 e. The first-order chi connectivity index (χ1) is 9.14. The molecule has 0 saturated carbocycles. The molecule has 8 heteroatoms. The summed E-state index contributed by atoms with van der Waals surface area (Å²) in [6.45, 7) is 0. The summed E-state index contributed by atoms with van der Waals surface area (Å²) in [6.07, 6.45) is -10.0. The van der Waals surface area contributed by atoms with Crippen molar-refractivity contribution in [2.24, 2.45) is 0 Å². The van der Waals surface area contributed by atoms with E-state index in [0.29, 0.717) is 6.07 Å². The lowest BCUT2D eigenvalue weighted by atomic mass is 10.1. The van der Waals surface area contributed by atoms with E-state index in [4.69, 9.17) is 0 Å². The third-order valence-electron chi connectivity index (χ3n) is 2.26. The Morgan fingerprint density at radius 2 is 1.35 bits per heavy atom. The number of halogens is 6. The second-order valence-corrected chi connectivity index (χ2v) is 3.74. The van der Waals surface area contributed by atoms with E-state index in [1.165, 1.54) is 24.3 Å². The normalized spacial score (nSPS) is 12.5. The maximum atomic E-state index is 12.3. The van der Waals surface area contributed by atoms with E-state index in [9.17, 15) is 26.3 Å². The Labute approximate surface area is 108 Å². The van der Waals surface area contributed by atoms with Crippen LogP contribution in [-0.4, -0.2) is 12.7 Å². The monoisotopic (exact) mass is 296 g/mol. The molecule has 0 N–H and O–H groups in total. The fourth-order valence-corrected chi connectivity index (χ4v) is 1.65. The Balaban J connectivity index is 2.52. The molecule has 2 rings (SSSR count). The van der Waals surface area contributed by atoms with Crippen LogP contribution in [0, 0.1) is 0 Å². The van der Waals surface area contributed by atoms with Crippen LogP contribution < -0.4 is 9.47 Å². The first-order valence-corrected chi connectivity index (χ1v) is 5.18. The van der Waals surface area contributed by atoms with Crippen LogP contribution in [0.5, 0.6) is 11.5 Å². The zero-order valence-electron chi connectivity index (χ0n) is 9.55. The van der Waals surface area contributed by atoms with Crippen LogP contribution in [0.3, 0.4) is 0 Å². The molecule has 0 fully saturated rings. The second-order valence-electron chi connectivity index (χ2n) is 3.74. The SMILES string of the molecule is FC(F)(F)Oc1cc(OC(F)(F)F)c2ccccc2c1. The summed E-state index contributed by atoms with van der Waals surface area (Å²) < 4.78 is 80.5. The quantitative estimate of drug-likeness (QED) is 0.752. The standard InChI is InChI=1S/C12H6F6O2/c13-11(14,15)19-8-5-7-3-1-2-4-9(7)10(6-8)20-12(16,17)18/h1-6H. The molecule has 0 aliphatic heterocycles. The molecule has 2 aromatic rings. The molecular weight excluding hydrogens is 290 g/mol. The van der Waals surface area contributed by atoms with Gasteiger partial charge in [-0.05, 0) is 11.5 Å².